The summed E-state index contributed by atoms with van der Waals surface area (Å²) in [5.74, 6) is 1.89. The van der Waals surface area contributed by atoms with E-state index < -0.39 is 0 Å². The standard InChI is InChI=1S/C17H24N6O3S/c1-11-8-14(21-26-11)20-17(25)12(2)27-10-15(24)23-7-4-18-9-13(23)16-19-5-6-22(16)3/h5-6,8,12-13,18H,4,7,9-10H2,1-3H3,(H,20,21,25). The normalized spacial score (nSPS) is 18.3. The Morgan fingerprint density at radius 1 is 1.52 bits per heavy atom. The van der Waals surface area contributed by atoms with Gasteiger partial charge in [-0.15, -0.1) is 11.8 Å². The first-order valence-corrected chi connectivity index (χ1v) is 9.83. The molecule has 0 spiro atoms. The van der Waals surface area contributed by atoms with Crippen molar-refractivity contribution in [2.24, 2.45) is 7.05 Å². The first kappa shape index (κ1) is 19.4. The summed E-state index contributed by atoms with van der Waals surface area (Å²) in [5, 5.41) is 9.36. The van der Waals surface area contributed by atoms with Crippen molar-refractivity contribution in [2.45, 2.75) is 25.1 Å². The van der Waals surface area contributed by atoms with Crippen LogP contribution in [0.15, 0.2) is 23.0 Å². The Morgan fingerprint density at radius 2 is 2.33 bits per heavy atom. The minimum atomic E-state index is -0.388. The molecule has 2 atom stereocenters. The van der Waals surface area contributed by atoms with Gasteiger partial charge >= 0.3 is 0 Å². The molecule has 0 radical (unpaired) electrons. The van der Waals surface area contributed by atoms with Crippen LogP contribution in [0, 0.1) is 6.92 Å². The molecular formula is C17H24N6O3S. The fourth-order valence-electron chi connectivity index (χ4n) is 2.94. The molecule has 0 bridgehead atoms. The van der Waals surface area contributed by atoms with Crippen molar-refractivity contribution < 1.29 is 14.1 Å². The molecule has 27 heavy (non-hydrogen) atoms. The van der Waals surface area contributed by atoms with Gasteiger partial charge in [0.25, 0.3) is 0 Å². The van der Waals surface area contributed by atoms with Crippen LogP contribution < -0.4 is 10.6 Å². The zero-order valence-corrected chi connectivity index (χ0v) is 16.5. The number of carbonyl (C=O) groups is 2. The zero-order valence-electron chi connectivity index (χ0n) is 15.6. The van der Waals surface area contributed by atoms with Crippen LogP contribution in [-0.4, -0.2) is 62.1 Å². The number of imidazole rings is 1. The van der Waals surface area contributed by atoms with Crippen LogP contribution in [0.2, 0.25) is 0 Å². The van der Waals surface area contributed by atoms with E-state index in [0.29, 0.717) is 24.7 Å². The Morgan fingerprint density at radius 3 is 3.00 bits per heavy atom. The summed E-state index contributed by atoms with van der Waals surface area (Å²) >= 11 is 1.31. The van der Waals surface area contributed by atoms with E-state index in [1.807, 2.05) is 22.7 Å². The number of rotatable bonds is 6. The van der Waals surface area contributed by atoms with Gasteiger partial charge in [0.1, 0.15) is 17.6 Å². The van der Waals surface area contributed by atoms with Gasteiger partial charge in [-0.25, -0.2) is 4.98 Å². The predicted octanol–water partition coefficient (Wildman–Crippen LogP) is 0.950. The lowest BCUT2D eigenvalue weighted by Crippen LogP contribution is -2.50. The molecule has 1 saturated heterocycles. The summed E-state index contributed by atoms with van der Waals surface area (Å²) in [6, 6.07) is 1.55. The zero-order chi connectivity index (χ0) is 19.4. The number of anilines is 1. The SMILES string of the molecule is Cc1cc(NC(=O)C(C)SCC(=O)N2CCNCC2c2nccn2C)no1. The van der Waals surface area contributed by atoms with Gasteiger partial charge < -0.3 is 24.6 Å². The maximum Gasteiger partial charge on any atom is 0.238 e. The van der Waals surface area contributed by atoms with Crippen molar-refractivity contribution in [3.05, 3.63) is 30.0 Å². The predicted molar refractivity (Wildman–Crippen MR) is 102 cm³/mol. The Labute approximate surface area is 161 Å². The third-order valence-corrected chi connectivity index (χ3v) is 5.55. The Hall–Kier alpha value is -2.33. The lowest BCUT2D eigenvalue weighted by molar-refractivity contribution is -0.131. The highest BCUT2D eigenvalue weighted by Crippen LogP contribution is 2.23. The largest absolute Gasteiger partial charge is 0.360 e. The number of thioether (sulfide) groups is 1. The molecule has 3 heterocycles. The van der Waals surface area contributed by atoms with Crippen molar-refractivity contribution in [3.8, 4) is 0 Å². The molecule has 2 N–H and O–H groups in total. The summed E-state index contributed by atoms with van der Waals surface area (Å²) in [4.78, 5) is 31.3. The van der Waals surface area contributed by atoms with E-state index in [0.717, 1.165) is 12.4 Å². The molecule has 1 fully saturated rings. The monoisotopic (exact) mass is 392 g/mol. The van der Waals surface area contributed by atoms with E-state index in [4.69, 9.17) is 4.52 Å². The first-order chi connectivity index (χ1) is 13.0. The molecule has 2 amide bonds. The van der Waals surface area contributed by atoms with Crippen LogP contribution in [-0.2, 0) is 16.6 Å². The van der Waals surface area contributed by atoms with Crippen molar-refractivity contribution >= 4 is 29.4 Å². The van der Waals surface area contributed by atoms with Gasteiger partial charge in [0.2, 0.25) is 11.8 Å². The highest BCUT2D eigenvalue weighted by atomic mass is 32.2. The highest BCUT2D eigenvalue weighted by Gasteiger charge is 2.30. The summed E-state index contributed by atoms with van der Waals surface area (Å²) < 4.78 is 6.86. The number of hydrogen-bond acceptors (Lipinski definition) is 7. The topological polar surface area (TPSA) is 105 Å². The number of piperazine rings is 1. The molecule has 146 valence electrons. The number of aryl methyl sites for hydroxylation is 2. The lowest BCUT2D eigenvalue weighted by atomic mass is 10.1. The second-order valence-electron chi connectivity index (χ2n) is 6.47. The number of nitrogens with zero attached hydrogens (tertiary/aromatic N) is 4. The Balaban J connectivity index is 1.55. The maximum absolute atomic E-state index is 12.8. The molecule has 2 aromatic rings. The number of hydrogen-bond donors (Lipinski definition) is 2. The third kappa shape index (κ3) is 4.69. The second-order valence-corrected chi connectivity index (χ2v) is 7.80. The van der Waals surface area contributed by atoms with Crippen LogP contribution >= 0.6 is 11.8 Å². The maximum atomic E-state index is 12.8. The molecule has 9 nitrogen and oxygen atoms in total. The van der Waals surface area contributed by atoms with E-state index in [2.05, 4.69) is 20.8 Å². The summed E-state index contributed by atoms with van der Waals surface area (Å²) in [6.45, 7) is 5.57. The van der Waals surface area contributed by atoms with Gasteiger partial charge in [0.15, 0.2) is 5.82 Å². The molecule has 2 aromatic heterocycles. The van der Waals surface area contributed by atoms with Crippen molar-refractivity contribution in [2.75, 3.05) is 30.7 Å². The van der Waals surface area contributed by atoms with Crippen LogP contribution in [0.25, 0.3) is 0 Å². The molecule has 1 aliphatic rings. The summed E-state index contributed by atoms with van der Waals surface area (Å²) in [6.07, 6.45) is 3.61. The van der Waals surface area contributed by atoms with Crippen molar-refractivity contribution in [1.29, 1.82) is 0 Å². The number of aromatic nitrogens is 3. The van der Waals surface area contributed by atoms with Gasteiger partial charge in [-0.1, -0.05) is 5.16 Å². The second kappa shape index (κ2) is 8.57. The Kier molecular flexibility index (Phi) is 6.17. The number of carbonyl (C=O) groups excluding carboxylic acids is 2. The van der Waals surface area contributed by atoms with Crippen LogP contribution in [0.3, 0.4) is 0 Å². The molecule has 2 unspecified atom stereocenters. The third-order valence-electron chi connectivity index (χ3n) is 4.43. The smallest absolute Gasteiger partial charge is 0.238 e. The molecule has 3 rings (SSSR count). The van der Waals surface area contributed by atoms with Crippen molar-refractivity contribution in [1.82, 2.24) is 24.9 Å². The van der Waals surface area contributed by atoms with Gasteiger partial charge in [0.05, 0.1) is 11.0 Å². The average Bonchev–Trinajstić information content (AvgIpc) is 3.27. The van der Waals surface area contributed by atoms with E-state index >= 15 is 0 Å². The van der Waals surface area contributed by atoms with Gasteiger partial charge in [-0.05, 0) is 13.8 Å². The molecular weight excluding hydrogens is 368 g/mol. The first-order valence-electron chi connectivity index (χ1n) is 8.79. The fourth-order valence-corrected chi connectivity index (χ4v) is 3.71. The summed E-state index contributed by atoms with van der Waals surface area (Å²) in [5.41, 5.74) is 0. The van der Waals surface area contributed by atoms with E-state index in [-0.39, 0.29) is 28.9 Å². The Bertz CT molecular complexity index is 804. The number of amides is 2. The molecule has 0 aromatic carbocycles. The molecule has 0 saturated carbocycles. The quantitative estimate of drug-likeness (QED) is 0.754. The minimum Gasteiger partial charge on any atom is -0.360 e. The lowest BCUT2D eigenvalue weighted by Gasteiger charge is -2.35. The van der Waals surface area contributed by atoms with Crippen LogP contribution in [0.5, 0.6) is 0 Å². The number of nitrogens with one attached hydrogen (secondary N) is 2. The van der Waals surface area contributed by atoms with Crippen LogP contribution in [0.4, 0.5) is 5.82 Å². The van der Waals surface area contributed by atoms with E-state index in [1.54, 1.807) is 26.1 Å². The van der Waals surface area contributed by atoms with Crippen molar-refractivity contribution in [3.63, 3.8) is 0 Å². The van der Waals surface area contributed by atoms with E-state index in [9.17, 15) is 9.59 Å². The van der Waals surface area contributed by atoms with Gasteiger partial charge in [-0.2, -0.15) is 0 Å². The van der Waals surface area contributed by atoms with E-state index in [1.165, 1.54) is 11.8 Å². The minimum absolute atomic E-state index is 0.00595. The average molecular weight is 392 g/mol. The highest BCUT2D eigenvalue weighted by molar-refractivity contribution is 8.01. The summed E-state index contributed by atoms with van der Waals surface area (Å²) in [7, 11) is 1.92. The molecule has 1 aliphatic heterocycles. The van der Waals surface area contributed by atoms with Crippen LogP contribution in [0.1, 0.15) is 24.6 Å². The fraction of sp³-hybridized carbons (Fsp3) is 0.529. The molecule has 10 heteroatoms. The molecule has 0 aliphatic carbocycles. The van der Waals surface area contributed by atoms with Gasteiger partial charge in [-0.3, -0.25) is 9.59 Å². The van der Waals surface area contributed by atoms with Gasteiger partial charge in [0, 0.05) is 45.1 Å².